The van der Waals surface area contributed by atoms with Gasteiger partial charge in [0, 0.05) is 12.6 Å². The second kappa shape index (κ2) is 7.59. The molecule has 1 saturated carbocycles. The van der Waals surface area contributed by atoms with Crippen molar-refractivity contribution in [3.63, 3.8) is 0 Å². The van der Waals surface area contributed by atoms with Crippen LogP contribution in [0.25, 0.3) is 0 Å². The maximum atomic E-state index is 9.83. The zero-order valence-electron chi connectivity index (χ0n) is 13.3. The molecule has 1 fully saturated rings. The van der Waals surface area contributed by atoms with Crippen molar-refractivity contribution in [3.05, 3.63) is 35.9 Å². The lowest BCUT2D eigenvalue weighted by Crippen LogP contribution is -2.44. The second-order valence-electron chi connectivity index (χ2n) is 5.93. The van der Waals surface area contributed by atoms with E-state index in [0.717, 1.165) is 37.7 Å². The Balaban J connectivity index is 2.11. The molecule has 2 rings (SSSR count). The van der Waals surface area contributed by atoms with Crippen molar-refractivity contribution < 1.29 is 0 Å². The number of nitriles is 1. The van der Waals surface area contributed by atoms with Crippen LogP contribution in [0.5, 0.6) is 0 Å². The van der Waals surface area contributed by atoms with Crippen molar-refractivity contribution in [2.45, 2.75) is 51.1 Å². The number of hydrogen-bond donors (Lipinski definition) is 1. The van der Waals surface area contributed by atoms with E-state index in [1.54, 1.807) is 0 Å². The zero-order chi connectivity index (χ0) is 15.1. The van der Waals surface area contributed by atoms with E-state index >= 15 is 0 Å². The largest absolute Gasteiger partial charge is 0.300 e. The standard InChI is InChI=1S/C18H27N3/c1-3-13-21(17-10-11-17)14-12-18(15-19,20-4-2)16-8-6-5-7-9-16/h5-9,17,20H,3-4,10-14H2,1-2H3. The van der Waals surface area contributed by atoms with E-state index in [1.165, 1.54) is 19.3 Å². The first-order valence-electron chi connectivity index (χ1n) is 8.21. The van der Waals surface area contributed by atoms with Crippen molar-refractivity contribution in [1.29, 1.82) is 5.26 Å². The second-order valence-corrected chi connectivity index (χ2v) is 5.93. The molecule has 0 spiro atoms. The van der Waals surface area contributed by atoms with Gasteiger partial charge < -0.3 is 4.90 Å². The summed E-state index contributed by atoms with van der Waals surface area (Å²) in [5.41, 5.74) is 0.526. The van der Waals surface area contributed by atoms with Gasteiger partial charge in [-0.05, 0) is 44.3 Å². The molecular formula is C18H27N3. The molecule has 0 aliphatic heterocycles. The summed E-state index contributed by atoms with van der Waals surface area (Å²) in [6, 6.07) is 13.5. The zero-order valence-corrected chi connectivity index (χ0v) is 13.3. The van der Waals surface area contributed by atoms with Gasteiger partial charge in [-0.2, -0.15) is 5.26 Å². The van der Waals surface area contributed by atoms with Crippen molar-refractivity contribution in [1.82, 2.24) is 10.2 Å². The van der Waals surface area contributed by atoms with Gasteiger partial charge in [0.2, 0.25) is 0 Å². The third-order valence-corrected chi connectivity index (χ3v) is 4.28. The fourth-order valence-corrected chi connectivity index (χ4v) is 3.03. The molecule has 3 heteroatoms. The molecule has 0 radical (unpaired) electrons. The molecule has 1 N–H and O–H groups in total. The topological polar surface area (TPSA) is 39.1 Å². The number of benzene rings is 1. The smallest absolute Gasteiger partial charge is 0.133 e. The number of nitrogens with zero attached hydrogens (tertiary/aromatic N) is 2. The quantitative estimate of drug-likeness (QED) is 0.757. The molecule has 3 nitrogen and oxygen atoms in total. The van der Waals surface area contributed by atoms with E-state index in [9.17, 15) is 5.26 Å². The predicted molar refractivity (Wildman–Crippen MR) is 86.9 cm³/mol. The Labute approximate surface area is 129 Å². The van der Waals surface area contributed by atoms with Gasteiger partial charge in [0.05, 0.1) is 6.07 Å². The highest BCUT2D eigenvalue weighted by atomic mass is 15.2. The van der Waals surface area contributed by atoms with Gasteiger partial charge in [0.25, 0.3) is 0 Å². The lowest BCUT2D eigenvalue weighted by molar-refractivity contribution is 0.232. The Morgan fingerprint density at radius 1 is 1.24 bits per heavy atom. The van der Waals surface area contributed by atoms with Crippen LogP contribution in [0.3, 0.4) is 0 Å². The first kappa shape index (κ1) is 16.0. The predicted octanol–water partition coefficient (Wildman–Crippen LogP) is 3.28. The summed E-state index contributed by atoms with van der Waals surface area (Å²) in [4.78, 5) is 2.56. The average molecular weight is 285 g/mol. The van der Waals surface area contributed by atoms with Crippen LogP contribution in [0.2, 0.25) is 0 Å². The minimum Gasteiger partial charge on any atom is -0.300 e. The van der Waals surface area contributed by atoms with Gasteiger partial charge in [-0.25, -0.2) is 0 Å². The monoisotopic (exact) mass is 285 g/mol. The van der Waals surface area contributed by atoms with E-state index in [2.05, 4.69) is 42.3 Å². The van der Waals surface area contributed by atoms with Gasteiger partial charge in [0.1, 0.15) is 5.54 Å². The summed E-state index contributed by atoms with van der Waals surface area (Å²) in [7, 11) is 0. The fourth-order valence-electron chi connectivity index (χ4n) is 3.03. The molecular weight excluding hydrogens is 258 g/mol. The lowest BCUT2D eigenvalue weighted by atomic mass is 9.87. The Morgan fingerprint density at radius 2 is 1.95 bits per heavy atom. The molecule has 1 aromatic rings. The molecule has 1 aromatic carbocycles. The van der Waals surface area contributed by atoms with Crippen LogP contribution in [0.1, 0.15) is 45.1 Å². The van der Waals surface area contributed by atoms with Gasteiger partial charge in [-0.15, -0.1) is 0 Å². The highest BCUT2D eigenvalue weighted by Gasteiger charge is 2.34. The van der Waals surface area contributed by atoms with Gasteiger partial charge in [-0.1, -0.05) is 44.2 Å². The molecule has 1 aliphatic rings. The normalized spacial score (nSPS) is 17.4. The van der Waals surface area contributed by atoms with E-state index in [4.69, 9.17) is 0 Å². The molecule has 0 heterocycles. The molecule has 1 unspecified atom stereocenters. The number of nitrogens with one attached hydrogen (secondary N) is 1. The Hall–Kier alpha value is -1.37. The molecule has 0 saturated heterocycles. The van der Waals surface area contributed by atoms with Crippen molar-refractivity contribution in [3.8, 4) is 6.07 Å². The summed E-state index contributed by atoms with van der Waals surface area (Å²) in [6.07, 6.45) is 4.68. The van der Waals surface area contributed by atoms with Gasteiger partial charge in [0.15, 0.2) is 0 Å². The van der Waals surface area contributed by atoms with E-state index in [1.807, 2.05) is 18.2 Å². The van der Waals surface area contributed by atoms with E-state index < -0.39 is 5.54 Å². The Bertz CT molecular complexity index is 461. The fraction of sp³-hybridized carbons (Fsp3) is 0.611. The average Bonchev–Trinajstić information content (AvgIpc) is 3.36. The van der Waals surface area contributed by atoms with Crippen LogP contribution in [0, 0.1) is 11.3 Å². The Morgan fingerprint density at radius 3 is 2.48 bits per heavy atom. The highest BCUT2D eigenvalue weighted by Crippen LogP contribution is 2.30. The van der Waals surface area contributed by atoms with Crippen LogP contribution in [0.4, 0.5) is 0 Å². The number of hydrogen-bond acceptors (Lipinski definition) is 3. The lowest BCUT2D eigenvalue weighted by Gasteiger charge is -2.31. The van der Waals surface area contributed by atoms with E-state index in [0.29, 0.717) is 0 Å². The van der Waals surface area contributed by atoms with Gasteiger partial charge in [-0.3, -0.25) is 5.32 Å². The van der Waals surface area contributed by atoms with Gasteiger partial charge >= 0.3 is 0 Å². The van der Waals surface area contributed by atoms with Crippen molar-refractivity contribution in [2.75, 3.05) is 19.6 Å². The first-order chi connectivity index (χ1) is 10.3. The summed E-state index contributed by atoms with van der Waals surface area (Å²) in [5, 5.41) is 13.3. The minimum atomic E-state index is -0.559. The molecule has 0 amide bonds. The maximum Gasteiger partial charge on any atom is 0.133 e. The molecule has 0 aromatic heterocycles. The molecule has 114 valence electrons. The van der Waals surface area contributed by atoms with Crippen LogP contribution < -0.4 is 5.32 Å². The first-order valence-corrected chi connectivity index (χ1v) is 8.21. The van der Waals surface area contributed by atoms with Crippen molar-refractivity contribution in [2.24, 2.45) is 0 Å². The summed E-state index contributed by atoms with van der Waals surface area (Å²) < 4.78 is 0. The molecule has 1 aliphatic carbocycles. The van der Waals surface area contributed by atoms with Crippen LogP contribution in [0.15, 0.2) is 30.3 Å². The SMILES string of the molecule is CCCN(CCC(C#N)(NCC)c1ccccc1)C1CC1. The van der Waals surface area contributed by atoms with Crippen LogP contribution >= 0.6 is 0 Å². The third-order valence-electron chi connectivity index (χ3n) is 4.28. The molecule has 21 heavy (non-hydrogen) atoms. The summed E-state index contributed by atoms with van der Waals surface area (Å²) >= 11 is 0. The summed E-state index contributed by atoms with van der Waals surface area (Å²) in [5.74, 6) is 0. The molecule has 0 bridgehead atoms. The van der Waals surface area contributed by atoms with Crippen LogP contribution in [-0.2, 0) is 5.54 Å². The van der Waals surface area contributed by atoms with E-state index in [-0.39, 0.29) is 0 Å². The third kappa shape index (κ3) is 4.06. The Kier molecular flexibility index (Phi) is 5.78. The highest BCUT2D eigenvalue weighted by molar-refractivity contribution is 5.31. The van der Waals surface area contributed by atoms with Crippen molar-refractivity contribution >= 4 is 0 Å². The minimum absolute atomic E-state index is 0.559. The maximum absolute atomic E-state index is 9.83. The van der Waals surface area contributed by atoms with Crippen LogP contribution in [-0.4, -0.2) is 30.6 Å². The number of rotatable bonds is 9. The molecule has 1 atom stereocenters. The summed E-state index contributed by atoms with van der Waals surface area (Å²) in [6.45, 7) is 7.24.